The summed E-state index contributed by atoms with van der Waals surface area (Å²) in [5.74, 6) is 0. The Morgan fingerprint density at radius 3 is 1.68 bits per heavy atom. The van der Waals surface area contributed by atoms with Crippen LogP contribution >= 0.6 is 0 Å². The first-order valence-electron chi connectivity index (χ1n) is 18.5. The van der Waals surface area contributed by atoms with Crippen LogP contribution in [0.2, 0.25) is 0 Å². The number of aromatic nitrogens is 1. The predicted octanol–water partition coefficient (Wildman–Crippen LogP) is 14.1. The second-order valence-electron chi connectivity index (χ2n) is 15.3. The van der Waals surface area contributed by atoms with Gasteiger partial charge in [0.15, 0.2) is 0 Å². The van der Waals surface area contributed by atoms with Crippen molar-refractivity contribution in [3.8, 4) is 27.9 Å². The summed E-state index contributed by atoms with van der Waals surface area (Å²) in [7, 11) is 0. The molecule has 2 heterocycles. The molecule has 0 radical (unpaired) electrons. The first-order chi connectivity index (χ1) is 26.0. The number of nitrogens with zero attached hydrogens (tertiary/aromatic N) is 1. The first kappa shape index (κ1) is 29.0. The monoisotopic (exact) mass is 675 g/mol. The van der Waals surface area contributed by atoms with Crippen LogP contribution in [0, 0.1) is 0 Å². The summed E-state index contributed by atoms with van der Waals surface area (Å²) in [4.78, 5) is 0. The van der Waals surface area contributed by atoms with E-state index in [0.29, 0.717) is 0 Å². The maximum absolute atomic E-state index is 6.36. The lowest BCUT2D eigenvalue weighted by molar-refractivity contribution is 0.648. The molecule has 0 fully saturated rings. The van der Waals surface area contributed by atoms with E-state index in [1.807, 2.05) is 6.07 Å². The summed E-state index contributed by atoms with van der Waals surface area (Å²) in [5, 5.41) is 12.7. The van der Waals surface area contributed by atoms with Crippen LogP contribution in [0.1, 0.15) is 25.0 Å². The minimum atomic E-state index is -0.158. The van der Waals surface area contributed by atoms with Gasteiger partial charge in [0.2, 0.25) is 0 Å². The van der Waals surface area contributed by atoms with Crippen molar-refractivity contribution in [2.45, 2.75) is 19.3 Å². The van der Waals surface area contributed by atoms with Crippen molar-refractivity contribution < 1.29 is 4.42 Å². The summed E-state index contributed by atoms with van der Waals surface area (Å²) in [5.41, 5.74) is 13.1. The van der Waals surface area contributed by atoms with Gasteiger partial charge in [-0.15, -0.1) is 0 Å². The average Bonchev–Trinajstić information content (AvgIpc) is 3.81. The number of furan rings is 1. The molecule has 0 amide bonds. The molecule has 248 valence electrons. The molecule has 11 aromatic rings. The lowest BCUT2D eigenvalue weighted by Gasteiger charge is -2.21. The zero-order valence-electron chi connectivity index (χ0n) is 29.4. The Labute approximate surface area is 306 Å². The fraction of sp³-hybridized carbons (Fsp3) is 0.0588. The van der Waals surface area contributed by atoms with E-state index in [9.17, 15) is 0 Å². The topological polar surface area (TPSA) is 18.1 Å². The third kappa shape index (κ3) is 3.87. The van der Waals surface area contributed by atoms with Crippen LogP contribution in [-0.4, -0.2) is 4.57 Å². The molecule has 0 unspecified atom stereocenters. The van der Waals surface area contributed by atoms with Crippen molar-refractivity contribution in [2.24, 2.45) is 0 Å². The van der Waals surface area contributed by atoms with Gasteiger partial charge in [0, 0.05) is 32.6 Å². The Kier molecular flexibility index (Phi) is 5.60. The second-order valence-corrected chi connectivity index (χ2v) is 15.3. The highest BCUT2D eigenvalue weighted by Crippen LogP contribution is 2.53. The molecule has 0 atom stereocenters. The summed E-state index contributed by atoms with van der Waals surface area (Å²) >= 11 is 0. The van der Waals surface area contributed by atoms with Gasteiger partial charge < -0.3 is 8.98 Å². The summed E-state index contributed by atoms with van der Waals surface area (Å²) < 4.78 is 8.81. The Balaban J connectivity index is 1.04. The zero-order chi connectivity index (χ0) is 35.0. The normalized spacial score (nSPS) is 13.6. The minimum absolute atomic E-state index is 0.158. The molecule has 0 N–H and O–H groups in total. The summed E-state index contributed by atoms with van der Waals surface area (Å²) in [6.45, 7) is 4.71. The SMILES string of the molecule is CC1(C)c2cc3oc4ccccc4c3cc2-c2cc3c(cc21)c1ccccc1n3-c1ccc(-c2ccc3c4ccccc4c4ccccc4c3c2)cc1. The van der Waals surface area contributed by atoms with E-state index in [-0.39, 0.29) is 5.41 Å². The average molecular weight is 676 g/mol. The van der Waals surface area contributed by atoms with Crippen LogP contribution in [-0.2, 0) is 5.41 Å². The fourth-order valence-electron chi connectivity index (χ4n) is 9.58. The predicted molar refractivity (Wildman–Crippen MR) is 224 cm³/mol. The van der Waals surface area contributed by atoms with E-state index in [2.05, 4.69) is 176 Å². The summed E-state index contributed by atoms with van der Waals surface area (Å²) in [6, 6.07) is 60.5. The Morgan fingerprint density at radius 1 is 0.377 bits per heavy atom. The van der Waals surface area contributed by atoms with Crippen LogP contribution in [0.3, 0.4) is 0 Å². The lowest BCUT2D eigenvalue weighted by Crippen LogP contribution is -2.14. The fourth-order valence-corrected chi connectivity index (χ4v) is 9.58. The van der Waals surface area contributed by atoms with Crippen LogP contribution in [0.15, 0.2) is 168 Å². The molecule has 2 nitrogen and oxygen atoms in total. The van der Waals surface area contributed by atoms with Gasteiger partial charge in [0.05, 0.1) is 11.0 Å². The quantitative estimate of drug-likeness (QED) is 0.167. The van der Waals surface area contributed by atoms with E-state index in [1.165, 1.54) is 98.3 Å². The largest absolute Gasteiger partial charge is 0.456 e. The van der Waals surface area contributed by atoms with Gasteiger partial charge in [-0.3, -0.25) is 0 Å². The van der Waals surface area contributed by atoms with Gasteiger partial charge in [0.25, 0.3) is 0 Å². The Hall–Kier alpha value is -6.64. The van der Waals surface area contributed by atoms with Crippen molar-refractivity contribution >= 4 is 76.1 Å². The molecule has 53 heavy (non-hydrogen) atoms. The molecule has 1 aliphatic carbocycles. The smallest absolute Gasteiger partial charge is 0.135 e. The van der Waals surface area contributed by atoms with Crippen molar-refractivity contribution in [3.63, 3.8) is 0 Å². The number of fused-ring (bicyclic) bond motifs is 15. The number of benzene rings is 9. The number of para-hydroxylation sites is 2. The Bertz CT molecular complexity index is 3320. The van der Waals surface area contributed by atoms with E-state index < -0.39 is 0 Å². The number of hydrogen-bond acceptors (Lipinski definition) is 1. The molecule has 9 aromatic carbocycles. The molecule has 2 heteroatoms. The molecule has 1 aliphatic rings. The molecule has 12 rings (SSSR count). The third-order valence-corrected chi connectivity index (χ3v) is 12.2. The van der Waals surface area contributed by atoms with Crippen molar-refractivity contribution in [1.29, 1.82) is 0 Å². The highest BCUT2D eigenvalue weighted by Gasteiger charge is 2.37. The van der Waals surface area contributed by atoms with Crippen LogP contribution in [0.4, 0.5) is 0 Å². The molecular formula is C51H33NO. The first-order valence-corrected chi connectivity index (χ1v) is 18.5. The molecule has 0 bridgehead atoms. The lowest BCUT2D eigenvalue weighted by atomic mass is 9.82. The van der Waals surface area contributed by atoms with E-state index in [1.54, 1.807) is 0 Å². The standard InChI is InChI=1S/C51H33NO/c1-51(2)45-27-43-38-15-7-9-17-47(38)52(48(43)28-42(45)41-26-44-39-16-8-10-18-49(39)53-50(44)29-46(41)51)32-22-19-30(20-23-32)31-21-24-37-35-13-4-3-11-33(35)34-12-5-6-14-36(34)40(37)25-31/h3-29H,1-2H3. The van der Waals surface area contributed by atoms with Crippen LogP contribution in [0.25, 0.3) is 104 Å². The molecular weight excluding hydrogens is 643 g/mol. The maximum atomic E-state index is 6.36. The van der Waals surface area contributed by atoms with Gasteiger partial charge >= 0.3 is 0 Å². The number of rotatable bonds is 2. The zero-order valence-corrected chi connectivity index (χ0v) is 29.4. The van der Waals surface area contributed by atoms with Crippen molar-refractivity contribution in [3.05, 3.63) is 175 Å². The second kappa shape index (κ2) is 10.2. The minimum Gasteiger partial charge on any atom is -0.456 e. The van der Waals surface area contributed by atoms with Gasteiger partial charge in [-0.05, 0) is 120 Å². The molecule has 2 aromatic heterocycles. The highest BCUT2D eigenvalue weighted by atomic mass is 16.3. The molecule has 0 saturated heterocycles. The van der Waals surface area contributed by atoms with E-state index in [4.69, 9.17) is 4.42 Å². The van der Waals surface area contributed by atoms with E-state index >= 15 is 0 Å². The molecule has 0 aliphatic heterocycles. The highest BCUT2D eigenvalue weighted by molar-refractivity contribution is 6.25. The van der Waals surface area contributed by atoms with Crippen molar-refractivity contribution in [1.82, 2.24) is 4.57 Å². The van der Waals surface area contributed by atoms with Gasteiger partial charge in [0.1, 0.15) is 11.2 Å². The Morgan fingerprint density at radius 2 is 0.943 bits per heavy atom. The van der Waals surface area contributed by atoms with Gasteiger partial charge in [-0.1, -0.05) is 123 Å². The van der Waals surface area contributed by atoms with Crippen LogP contribution < -0.4 is 0 Å². The van der Waals surface area contributed by atoms with Gasteiger partial charge in [-0.25, -0.2) is 0 Å². The van der Waals surface area contributed by atoms with Gasteiger partial charge in [-0.2, -0.15) is 0 Å². The van der Waals surface area contributed by atoms with Crippen LogP contribution in [0.5, 0.6) is 0 Å². The number of hydrogen-bond donors (Lipinski definition) is 0. The molecule has 0 saturated carbocycles. The maximum Gasteiger partial charge on any atom is 0.135 e. The summed E-state index contributed by atoms with van der Waals surface area (Å²) in [6.07, 6.45) is 0. The van der Waals surface area contributed by atoms with Crippen molar-refractivity contribution in [2.75, 3.05) is 0 Å². The molecule has 0 spiro atoms. The third-order valence-electron chi connectivity index (χ3n) is 12.2. The van der Waals surface area contributed by atoms with E-state index in [0.717, 1.165) is 16.9 Å².